The van der Waals surface area contributed by atoms with Crippen LogP contribution in [0.3, 0.4) is 0 Å². The quantitative estimate of drug-likeness (QED) is 0.354. The standard InChI is InChI=1S/C27H27NO2/c29-26(23-13-16-25(17-14-23)28-19-7-2-8-20-28)18-15-24-11-5-6-12-27(24)30-21-22-9-3-1-4-10-22/h1,3-6,9-18H,2,7-8,19-21H2/b18-15+. The third kappa shape index (κ3) is 5.18. The average Bonchev–Trinajstić information content (AvgIpc) is 2.83. The lowest BCUT2D eigenvalue weighted by Gasteiger charge is -2.28. The maximum atomic E-state index is 12.7. The van der Waals surface area contributed by atoms with E-state index in [4.69, 9.17) is 4.74 Å². The van der Waals surface area contributed by atoms with Crippen molar-refractivity contribution in [2.75, 3.05) is 18.0 Å². The first kappa shape index (κ1) is 20.0. The van der Waals surface area contributed by atoms with Crippen molar-refractivity contribution >= 4 is 17.5 Å². The van der Waals surface area contributed by atoms with Crippen molar-refractivity contribution in [3.8, 4) is 5.75 Å². The molecule has 1 aliphatic heterocycles. The smallest absolute Gasteiger partial charge is 0.185 e. The molecule has 0 radical (unpaired) electrons. The number of ether oxygens (including phenoxy) is 1. The molecule has 1 saturated heterocycles. The number of piperidine rings is 1. The number of rotatable bonds is 7. The summed E-state index contributed by atoms with van der Waals surface area (Å²) in [5, 5.41) is 0. The van der Waals surface area contributed by atoms with Crippen LogP contribution in [0.2, 0.25) is 0 Å². The van der Waals surface area contributed by atoms with Gasteiger partial charge in [0.15, 0.2) is 5.78 Å². The van der Waals surface area contributed by atoms with Crippen LogP contribution in [0.5, 0.6) is 5.75 Å². The number of hydrogen-bond donors (Lipinski definition) is 0. The van der Waals surface area contributed by atoms with Crippen molar-refractivity contribution in [1.29, 1.82) is 0 Å². The zero-order chi connectivity index (χ0) is 20.6. The third-order valence-corrected chi connectivity index (χ3v) is 5.44. The summed E-state index contributed by atoms with van der Waals surface area (Å²) in [6.07, 6.45) is 7.26. The molecular weight excluding hydrogens is 370 g/mol. The Morgan fingerprint density at radius 3 is 2.30 bits per heavy atom. The summed E-state index contributed by atoms with van der Waals surface area (Å²) in [5.41, 5.74) is 3.91. The number of anilines is 1. The molecule has 0 N–H and O–H groups in total. The second kappa shape index (κ2) is 9.93. The maximum absolute atomic E-state index is 12.7. The van der Waals surface area contributed by atoms with Crippen molar-refractivity contribution in [3.05, 3.63) is 102 Å². The highest BCUT2D eigenvalue weighted by Crippen LogP contribution is 2.23. The van der Waals surface area contributed by atoms with E-state index in [-0.39, 0.29) is 5.78 Å². The summed E-state index contributed by atoms with van der Waals surface area (Å²) >= 11 is 0. The number of carbonyl (C=O) groups is 1. The van der Waals surface area contributed by atoms with Gasteiger partial charge in [0.05, 0.1) is 0 Å². The Hall–Kier alpha value is -3.33. The first-order chi connectivity index (χ1) is 14.8. The molecule has 0 bridgehead atoms. The molecule has 152 valence electrons. The molecule has 0 aliphatic carbocycles. The second-order valence-electron chi connectivity index (χ2n) is 7.60. The minimum atomic E-state index is -0.00180. The van der Waals surface area contributed by atoms with Crippen LogP contribution in [0.1, 0.15) is 40.7 Å². The number of allylic oxidation sites excluding steroid dienone is 1. The third-order valence-electron chi connectivity index (χ3n) is 5.44. The normalized spacial score (nSPS) is 14.1. The number of benzene rings is 3. The minimum absolute atomic E-state index is 0.00180. The number of nitrogens with zero attached hydrogens (tertiary/aromatic N) is 1. The van der Waals surface area contributed by atoms with E-state index in [1.807, 2.05) is 72.8 Å². The zero-order valence-corrected chi connectivity index (χ0v) is 17.2. The monoisotopic (exact) mass is 397 g/mol. The number of carbonyl (C=O) groups excluding carboxylic acids is 1. The number of ketones is 1. The van der Waals surface area contributed by atoms with E-state index in [1.165, 1.54) is 24.9 Å². The Morgan fingerprint density at radius 2 is 1.53 bits per heavy atom. The summed E-state index contributed by atoms with van der Waals surface area (Å²) < 4.78 is 5.98. The molecule has 0 amide bonds. The van der Waals surface area contributed by atoms with Crippen molar-refractivity contribution in [3.63, 3.8) is 0 Å². The van der Waals surface area contributed by atoms with Gasteiger partial charge in [-0.25, -0.2) is 0 Å². The van der Waals surface area contributed by atoms with Crippen LogP contribution in [0.15, 0.2) is 84.9 Å². The number of hydrogen-bond acceptors (Lipinski definition) is 3. The average molecular weight is 398 g/mol. The molecular formula is C27H27NO2. The van der Waals surface area contributed by atoms with Gasteiger partial charge in [0.1, 0.15) is 12.4 Å². The molecule has 3 aromatic carbocycles. The Morgan fingerprint density at radius 1 is 0.833 bits per heavy atom. The summed E-state index contributed by atoms with van der Waals surface area (Å²) in [6, 6.07) is 25.8. The van der Waals surface area contributed by atoms with Gasteiger partial charge < -0.3 is 9.64 Å². The van der Waals surface area contributed by atoms with E-state index in [2.05, 4.69) is 17.0 Å². The zero-order valence-electron chi connectivity index (χ0n) is 17.2. The first-order valence-electron chi connectivity index (χ1n) is 10.6. The summed E-state index contributed by atoms with van der Waals surface area (Å²) in [7, 11) is 0. The Labute approximate surface area is 178 Å². The van der Waals surface area contributed by atoms with Crippen LogP contribution >= 0.6 is 0 Å². The lowest BCUT2D eigenvalue weighted by molar-refractivity contribution is 0.104. The fraction of sp³-hybridized carbons (Fsp3) is 0.222. The molecule has 1 fully saturated rings. The van der Waals surface area contributed by atoms with Gasteiger partial charge >= 0.3 is 0 Å². The van der Waals surface area contributed by atoms with E-state index in [0.29, 0.717) is 12.2 Å². The molecule has 3 heteroatoms. The molecule has 0 unspecified atom stereocenters. The maximum Gasteiger partial charge on any atom is 0.185 e. The molecule has 3 aromatic rings. The van der Waals surface area contributed by atoms with Gasteiger partial charge in [0, 0.05) is 29.9 Å². The minimum Gasteiger partial charge on any atom is -0.488 e. The van der Waals surface area contributed by atoms with Crippen LogP contribution in [0, 0.1) is 0 Å². The van der Waals surface area contributed by atoms with Gasteiger partial charge in [0.2, 0.25) is 0 Å². The SMILES string of the molecule is O=C(/C=C/c1ccccc1OCc1ccccc1)c1ccc(N2CCCCC2)cc1. The fourth-order valence-electron chi connectivity index (χ4n) is 3.74. The molecule has 3 nitrogen and oxygen atoms in total. The Kier molecular flexibility index (Phi) is 6.61. The largest absolute Gasteiger partial charge is 0.488 e. The fourth-order valence-corrected chi connectivity index (χ4v) is 3.74. The topological polar surface area (TPSA) is 29.5 Å². The van der Waals surface area contributed by atoms with Gasteiger partial charge in [-0.1, -0.05) is 48.5 Å². The first-order valence-corrected chi connectivity index (χ1v) is 10.6. The predicted molar refractivity (Wildman–Crippen MR) is 123 cm³/mol. The van der Waals surface area contributed by atoms with Gasteiger partial charge in [-0.05, 0) is 67.3 Å². The van der Waals surface area contributed by atoms with Crippen molar-refractivity contribution in [1.82, 2.24) is 0 Å². The molecule has 4 rings (SSSR count). The van der Waals surface area contributed by atoms with Gasteiger partial charge in [-0.15, -0.1) is 0 Å². The van der Waals surface area contributed by atoms with E-state index >= 15 is 0 Å². The molecule has 1 heterocycles. The molecule has 1 aliphatic rings. The lowest BCUT2D eigenvalue weighted by Crippen LogP contribution is -2.29. The van der Waals surface area contributed by atoms with Crippen LogP contribution in [0.25, 0.3) is 6.08 Å². The van der Waals surface area contributed by atoms with E-state index in [9.17, 15) is 4.79 Å². The summed E-state index contributed by atoms with van der Waals surface area (Å²) in [4.78, 5) is 15.1. The van der Waals surface area contributed by atoms with E-state index in [0.717, 1.165) is 30.0 Å². The Bertz CT molecular complexity index is 987. The van der Waals surface area contributed by atoms with Crippen molar-refractivity contribution in [2.45, 2.75) is 25.9 Å². The van der Waals surface area contributed by atoms with Crippen LogP contribution in [-0.4, -0.2) is 18.9 Å². The highest BCUT2D eigenvalue weighted by Gasteiger charge is 2.11. The lowest BCUT2D eigenvalue weighted by atomic mass is 10.1. The molecule has 30 heavy (non-hydrogen) atoms. The molecule has 0 spiro atoms. The summed E-state index contributed by atoms with van der Waals surface area (Å²) in [5.74, 6) is 0.768. The van der Waals surface area contributed by atoms with Crippen LogP contribution in [0.4, 0.5) is 5.69 Å². The molecule has 0 aromatic heterocycles. The van der Waals surface area contributed by atoms with Crippen molar-refractivity contribution < 1.29 is 9.53 Å². The van der Waals surface area contributed by atoms with Crippen LogP contribution < -0.4 is 9.64 Å². The van der Waals surface area contributed by atoms with Crippen molar-refractivity contribution in [2.24, 2.45) is 0 Å². The van der Waals surface area contributed by atoms with E-state index in [1.54, 1.807) is 6.08 Å². The molecule has 0 atom stereocenters. The van der Waals surface area contributed by atoms with Gasteiger partial charge in [-0.3, -0.25) is 4.79 Å². The van der Waals surface area contributed by atoms with E-state index < -0.39 is 0 Å². The highest BCUT2D eigenvalue weighted by atomic mass is 16.5. The van der Waals surface area contributed by atoms with Crippen LogP contribution in [-0.2, 0) is 6.61 Å². The predicted octanol–water partition coefficient (Wildman–Crippen LogP) is 6.15. The highest BCUT2D eigenvalue weighted by molar-refractivity contribution is 6.07. The number of para-hydroxylation sites is 1. The van der Waals surface area contributed by atoms with Gasteiger partial charge in [0.25, 0.3) is 0 Å². The Balaban J connectivity index is 1.41. The second-order valence-corrected chi connectivity index (χ2v) is 7.60. The summed E-state index contributed by atoms with van der Waals surface area (Å²) in [6.45, 7) is 2.71. The molecule has 0 saturated carbocycles. The van der Waals surface area contributed by atoms with Gasteiger partial charge in [-0.2, -0.15) is 0 Å².